The topological polar surface area (TPSA) is 43.4 Å². The Morgan fingerprint density at radius 3 is 2.24 bits per heavy atom. The first-order chi connectivity index (χ1) is 7.95. The molecule has 4 heteroatoms. The van der Waals surface area contributed by atoms with Gasteiger partial charge in [-0.05, 0) is 32.9 Å². The van der Waals surface area contributed by atoms with Crippen molar-refractivity contribution in [1.29, 1.82) is 0 Å². The summed E-state index contributed by atoms with van der Waals surface area (Å²) in [6.45, 7) is 5.23. The molecule has 0 aliphatic rings. The molecule has 0 aromatic heterocycles. The van der Waals surface area contributed by atoms with Gasteiger partial charge < -0.3 is 4.74 Å². The van der Waals surface area contributed by atoms with E-state index in [1.807, 2.05) is 6.07 Å². The molecule has 17 heavy (non-hydrogen) atoms. The number of carbonyl (C=O) groups is 2. The lowest BCUT2D eigenvalue weighted by molar-refractivity contribution is -0.147. The fraction of sp³-hybridized carbons (Fsp3) is 0.385. The van der Waals surface area contributed by atoms with Gasteiger partial charge in [0.25, 0.3) is 6.17 Å². The summed E-state index contributed by atoms with van der Waals surface area (Å²) in [5, 5.41) is 0. The number of hydrogen-bond acceptors (Lipinski definition) is 3. The van der Waals surface area contributed by atoms with Crippen molar-refractivity contribution in [3.8, 4) is 0 Å². The molecule has 0 heterocycles. The standard InChI is InChI=1S/C13H15FO3/c1-4-17-13(16)11(14)12(15)10-6-8(2)5-9(3)7-10/h5-7,11H,4H2,1-3H3. The average Bonchev–Trinajstić information content (AvgIpc) is 2.26. The molecule has 0 aliphatic carbocycles. The van der Waals surface area contributed by atoms with Crippen LogP contribution >= 0.6 is 0 Å². The van der Waals surface area contributed by atoms with Gasteiger partial charge >= 0.3 is 5.97 Å². The first-order valence-corrected chi connectivity index (χ1v) is 5.39. The highest BCUT2D eigenvalue weighted by Gasteiger charge is 2.28. The molecule has 0 aliphatic heterocycles. The third-order valence-corrected chi connectivity index (χ3v) is 2.23. The van der Waals surface area contributed by atoms with Gasteiger partial charge in [0.2, 0.25) is 5.78 Å². The third kappa shape index (κ3) is 3.37. The molecule has 0 radical (unpaired) electrons. The Bertz CT molecular complexity index is 420. The van der Waals surface area contributed by atoms with E-state index in [-0.39, 0.29) is 12.2 Å². The van der Waals surface area contributed by atoms with Crippen molar-refractivity contribution in [1.82, 2.24) is 0 Å². The van der Waals surface area contributed by atoms with Gasteiger partial charge in [0, 0.05) is 5.56 Å². The maximum absolute atomic E-state index is 13.5. The Morgan fingerprint density at radius 1 is 1.24 bits per heavy atom. The van der Waals surface area contributed by atoms with Crippen molar-refractivity contribution in [2.45, 2.75) is 26.9 Å². The largest absolute Gasteiger partial charge is 0.463 e. The van der Waals surface area contributed by atoms with E-state index < -0.39 is 17.9 Å². The molecule has 0 bridgehead atoms. The van der Waals surface area contributed by atoms with Crippen LogP contribution in [-0.4, -0.2) is 24.5 Å². The van der Waals surface area contributed by atoms with Gasteiger partial charge in [-0.1, -0.05) is 17.2 Å². The Hall–Kier alpha value is -1.71. The van der Waals surface area contributed by atoms with Gasteiger partial charge in [0.05, 0.1) is 6.61 Å². The van der Waals surface area contributed by atoms with Crippen LogP contribution in [0.1, 0.15) is 28.4 Å². The van der Waals surface area contributed by atoms with Gasteiger partial charge in [0.1, 0.15) is 0 Å². The molecule has 0 saturated heterocycles. The van der Waals surface area contributed by atoms with Gasteiger partial charge in [0.15, 0.2) is 0 Å². The summed E-state index contributed by atoms with van der Waals surface area (Å²) in [5.41, 5.74) is 1.90. The van der Waals surface area contributed by atoms with E-state index >= 15 is 0 Å². The molecule has 0 saturated carbocycles. The van der Waals surface area contributed by atoms with Crippen LogP contribution in [0.3, 0.4) is 0 Å². The number of Topliss-reactive ketones (excluding diaryl/α,β-unsaturated/α-hetero) is 1. The molecule has 0 fully saturated rings. The van der Waals surface area contributed by atoms with Crippen molar-refractivity contribution < 1.29 is 18.7 Å². The molecular weight excluding hydrogens is 223 g/mol. The summed E-state index contributed by atoms with van der Waals surface area (Å²) in [5.74, 6) is -1.98. The van der Waals surface area contributed by atoms with Gasteiger partial charge in [-0.25, -0.2) is 9.18 Å². The lowest BCUT2D eigenvalue weighted by Crippen LogP contribution is -2.28. The van der Waals surface area contributed by atoms with E-state index in [0.717, 1.165) is 11.1 Å². The number of esters is 1. The first kappa shape index (κ1) is 13.4. The SMILES string of the molecule is CCOC(=O)C(F)C(=O)c1cc(C)cc(C)c1. The van der Waals surface area contributed by atoms with Crippen LogP contribution in [0.25, 0.3) is 0 Å². The van der Waals surface area contributed by atoms with Gasteiger partial charge in [-0.3, -0.25) is 4.79 Å². The zero-order chi connectivity index (χ0) is 13.0. The van der Waals surface area contributed by atoms with E-state index in [1.165, 1.54) is 0 Å². The Morgan fingerprint density at radius 2 is 1.76 bits per heavy atom. The van der Waals surface area contributed by atoms with Crippen molar-refractivity contribution in [2.24, 2.45) is 0 Å². The van der Waals surface area contributed by atoms with Crippen molar-refractivity contribution in [3.63, 3.8) is 0 Å². The third-order valence-electron chi connectivity index (χ3n) is 2.23. The number of benzene rings is 1. The smallest absolute Gasteiger partial charge is 0.348 e. The van der Waals surface area contributed by atoms with Crippen molar-refractivity contribution in [2.75, 3.05) is 6.61 Å². The molecular formula is C13H15FO3. The summed E-state index contributed by atoms with van der Waals surface area (Å²) >= 11 is 0. The molecule has 92 valence electrons. The highest BCUT2D eigenvalue weighted by Crippen LogP contribution is 2.13. The number of ether oxygens (including phenoxy) is 1. The van der Waals surface area contributed by atoms with Crippen LogP contribution in [-0.2, 0) is 9.53 Å². The molecule has 3 nitrogen and oxygen atoms in total. The number of carbonyl (C=O) groups excluding carboxylic acids is 2. The molecule has 1 rings (SSSR count). The Kier molecular flexibility index (Phi) is 4.37. The summed E-state index contributed by atoms with van der Waals surface area (Å²) < 4.78 is 18.0. The second kappa shape index (κ2) is 5.57. The monoisotopic (exact) mass is 238 g/mol. The molecule has 0 spiro atoms. The fourth-order valence-electron chi connectivity index (χ4n) is 1.59. The number of alkyl halides is 1. The summed E-state index contributed by atoms with van der Waals surface area (Å²) in [7, 11) is 0. The lowest BCUT2D eigenvalue weighted by Gasteiger charge is -2.08. The van der Waals surface area contributed by atoms with Crippen LogP contribution in [0.4, 0.5) is 4.39 Å². The average molecular weight is 238 g/mol. The number of aryl methyl sites for hydroxylation is 2. The van der Waals surface area contributed by atoms with Crippen LogP contribution in [0, 0.1) is 13.8 Å². The molecule has 1 atom stereocenters. The minimum atomic E-state index is -2.24. The maximum Gasteiger partial charge on any atom is 0.348 e. The number of ketones is 1. The minimum Gasteiger partial charge on any atom is -0.463 e. The summed E-state index contributed by atoms with van der Waals surface area (Å²) in [4.78, 5) is 22.8. The maximum atomic E-state index is 13.5. The van der Waals surface area contributed by atoms with Gasteiger partial charge in [-0.2, -0.15) is 0 Å². The zero-order valence-corrected chi connectivity index (χ0v) is 10.1. The highest BCUT2D eigenvalue weighted by molar-refractivity contribution is 6.11. The second-order valence-electron chi connectivity index (χ2n) is 3.86. The molecule has 1 aromatic carbocycles. The highest BCUT2D eigenvalue weighted by atomic mass is 19.1. The minimum absolute atomic E-state index is 0.0549. The van der Waals surface area contributed by atoms with Crippen LogP contribution in [0.5, 0.6) is 0 Å². The van der Waals surface area contributed by atoms with Crippen LogP contribution in [0.2, 0.25) is 0 Å². The van der Waals surface area contributed by atoms with E-state index in [4.69, 9.17) is 0 Å². The molecule has 1 aromatic rings. The number of hydrogen-bond donors (Lipinski definition) is 0. The number of halogens is 1. The van der Waals surface area contributed by atoms with E-state index in [2.05, 4.69) is 4.74 Å². The van der Waals surface area contributed by atoms with Gasteiger partial charge in [-0.15, -0.1) is 0 Å². The normalized spacial score (nSPS) is 12.0. The van der Waals surface area contributed by atoms with Crippen LogP contribution < -0.4 is 0 Å². The van der Waals surface area contributed by atoms with Crippen molar-refractivity contribution >= 4 is 11.8 Å². The predicted molar refractivity (Wildman–Crippen MR) is 61.8 cm³/mol. The summed E-state index contributed by atoms with van der Waals surface area (Å²) in [6, 6.07) is 4.98. The van der Waals surface area contributed by atoms with E-state index in [9.17, 15) is 14.0 Å². The van der Waals surface area contributed by atoms with Crippen LogP contribution in [0.15, 0.2) is 18.2 Å². The predicted octanol–water partition coefficient (Wildman–Crippen LogP) is 2.39. The lowest BCUT2D eigenvalue weighted by atomic mass is 10.0. The second-order valence-corrected chi connectivity index (χ2v) is 3.86. The van der Waals surface area contributed by atoms with E-state index in [0.29, 0.717) is 0 Å². The molecule has 1 unspecified atom stereocenters. The van der Waals surface area contributed by atoms with Crippen molar-refractivity contribution in [3.05, 3.63) is 34.9 Å². The van der Waals surface area contributed by atoms with E-state index in [1.54, 1.807) is 32.9 Å². The molecule has 0 N–H and O–H groups in total. The Balaban J connectivity index is 2.92. The fourth-order valence-corrected chi connectivity index (χ4v) is 1.59. The first-order valence-electron chi connectivity index (χ1n) is 5.39. The summed E-state index contributed by atoms with van der Waals surface area (Å²) in [6.07, 6.45) is -2.24. The number of rotatable bonds is 4. The molecule has 0 amide bonds. The Labute approximate surface area is 99.6 Å². The quantitative estimate of drug-likeness (QED) is 0.459. The zero-order valence-electron chi connectivity index (χ0n) is 10.1.